The monoisotopic (exact) mass is 447 g/mol. The van der Waals surface area contributed by atoms with Crippen molar-refractivity contribution in [2.24, 2.45) is 5.10 Å². The van der Waals surface area contributed by atoms with Gasteiger partial charge in [0, 0.05) is 16.4 Å². The van der Waals surface area contributed by atoms with E-state index in [1.165, 1.54) is 0 Å². The number of ether oxygens (including phenoxy) is 1. The van der Waals surface area contributed by atoms with E-state index in [1.54, 1.807) is 13.3 Å². The number of amides is 1. The molecule has 0 aliphatic carbocycles. The number of hydrogen-bond acceptors (Lipinski definition) is 3. The van der Waals surface area contributed by atoms with Gasteiger partial charge in [-0.2, -0.15) is 5.10 Å². The Morgan fingerprint density at radius 1 is 1.03 bits per heavy atom. The molecule has 0 radical (unpaired) electrons. The molecule has 144 valence electrons. The molecule has 29 heavy (non-hydrogen) atoms. The molecule has 4 rings (SSSR count). The smallest absolute Gasteiger partial charge is 0.275 e. The van der Waals surface area contributed by atoms with E-state index in [-0.39, 0.29) is 5.91 Å². The van der Waals surface area contributed by atoms with E-state index < -0.39 is 0 Å². The molecule has 1 N–H and O–H groups in total. The normalized spacial score (nSPS) is 11.1. The number of carbonyl (C=O) groups excluding carboxylic acids is 1. The van der Waals surface area contributed by atoms with Crippen molar-refractivity contribution in [2.75, 3.05) is 7.11 Å². The Bertz CT molecular complexity index is 1200. The minimum atomic E-state index is -0.328. The van der Waals surface area contributed by atoms with Crippen molar-refractivity contribution < 1.29 is 9.53 Å². The van der Waals surface area contributed by atoms with E-state index in [4.69, 9.17) is 4.74 Å². The molecular weight excluding hydrogens is 430 g/mol. The zero-order valence-corrected chi connectivity index (χ0v) is 17.3. The highest BCUT2D eigenvalue weighted by Crippen LogP contribution is 2.26. The van der Waals surface area contributed by atoms with Gasteiger partial charge in [-0.25, -0.2) is 5.43 Å². The van der Waals surface area contributed by atoms with Gasteiger partial charge < -0.3 is 9.30 Å². The average Bonchev–Trinajstić information content (AvgIpc) is 3.21. The lowest BCUT2D eigenvalue weighted by molar-refractivity contribution is 0.0952. The maximum atomic E-state index is 12.7. The fourth-order valence-corrected chi connectivity index (χ4v) is 3.38. The first kappa shape index (κ1) is 19.0. The lowest BCUT2D eigenvalue weighted by atomic mass is 10.1. The van der Waals surface area contributed by atoms with Crippen molar-refractivity contribution in [3.05, 3.63) is 94.7 Å². The molecule has 6 heteroatoms. The van der Waals surface area contributed by atoms with Crippen LogP contribution >= 0.6 is 15.9 Å². The zero-order valence-electron chi connectivity index (χ0n) is 15.7. The SMILES string of the molecule is COc1cc2ccccc2cc1C(=O)N/N=C\c1cccn1-c1ccc(Br)cc1. The van der Waals surface area contributed by atoms with Crippen LogP contribution in [0.5, 0.6) is 5.75 Å². The zero-order chi connectivity index (χ0) is 20.2. The van der Waals surface area contributed by atoms with Crippen molar-refractivity contribution in [1.29, 1.82) is 0 Å². The van der Waals surface area contributed by atoms with Crippen LogP contribution in [-0.4, -0.2) is 23.8 Å². The number of aromatic nitrogens is 1. The minimum Gasteiger partial charge on any atom is -0.496 e. The molecule has 0 saturated carbocycles. The number of nitrogens with one attached hydrogen (secondary N) is 1. The molecule has 0 aliphatic heterocycles. The standard InChI is InChI=1S/C23H18BrN3O2/c1-29-22-14-17-6-3-2-5-16(17)13-21(22)23(28)26-25-15-20-7-4-12-27(20)19-10-8-18(24)9-11-19/h2-15H,1H3,(H,26,28)/b25-15-. The van der Waals surface area contributed by atoms with E-state index in [2.05, 4.69) is 26.5 Å². The Hall–Kier alpha value is -3.38. The third-order valence-electron chi connectivity index (χ3n) is 4.56. The van der Waals surface area contributed by atoms with Gasteiger partial charge in [-0.15, -0.1) is 0 Å². The molecule has 0 unspecified atom stereocenters. The molecule has 4 aromatic rings. The molecule has 0 aliphatic rings. The Balaban J connectivity index is 1.55. The summed E-state index contributed by atoms with van der Waals surface area (Å²) in [6.07, 6.45) is 3.56. The maximum absolute atomic E-state index is 12.7. The first-order chi connectivity index (χ1) is 14.2. The molecular formula is C23H18BrN3O2. The van der Waals surface area contributed by atoms with E-state index in [1.807, 2.05) is 83.6 Å². The maximum Gasteiger partial charge on any atom is 0.275 e. The highest BCUT2D eigenvalue weighted by Gasteiger charge is 2.13. The summed E-state index contributed by atoms with van der Waals surface area (Å²) in [6.45, 7) is 0. The van der Waals surface area contributed by atoms with Crippen LogP contribution in [0.4, 0.5) is 0 Å². The number of hydrazone groups is 1. The highest BCUT2D eigenvalue weighted by molar-refractivity contribution is 9.10. The molecule has 0 saturated heterocycles. The van der Waals surface area contributed by atoms with Crippen LogP contribution in [0.2, 0.25) is 0 Å². The van der Waals surface area contributed by atoms with Gasteiger partial charge in [0.05, 0.1) is 24.6 Å². The largest absolute Gasteiger partial charge is 0.496 e. The van der Waals surface area contributed by atoms with Gasteiger partial charge in [0.2, 0.25) is 0 Å². The number of fused-ring (bicyclic) bond motifs is 1. The summed E-state index contributed by atoms with van der Waals surface area (Å²) >= 11 is 3.44. The van der Waals surface area contributed by atoms with Gasteiger partial charge in [-0.1, -0.05) is 40.2 Å². The molecule has 0 atom stereocenters. The molecule has 3 aromatic carbocycles. The second-order valence-corrected chi connectivity index (χ2v) is 7.29. The van der Waals surface area contributed by atoms with E-state index in [0.717, 1.165) is 26.6 Å². The number of nitrogens with zero attached hydrogens (tertiary/aromatic N) is 2. The molecule has 5 nitrogen and oxygen atoms in total. The van der Waals surface area contributed by atoms with Gasteiger partial charge >= 0.3 is 0 Å². The summed E-state index contributed by atoms with van der Waals surface area (Å²) in [4.78, 5) is 12.7. The predicted molar refractivity (Wildman–Crippen MR) is 119 cm³/mol. The number of methoxy groups -OCH3 is 1. The Labute approximate surface area is 176 Å². The van der Waals surface area contributed by atoms with E-state index in [9.17, 15) is 4.79 Å². The fourth-order valence-electron chi connectivity index (χ4n) is 3.12. The van der Waals surface area contributed by atoms with Crippen molar-refractivity contribution in [3.8, 4) is 11.4 Å². The summed E-state index contributed by atoms with van der Waals surface area (Å²) in [7, 11) is 1.55. The Morgan fingerprint density at radius 3 is 2.48 bits per heavy atom. The molecule has 0 spiro atoms. The van der Waals surface area contributed by atoms with Crippen LogP contribution in [-0.2, 0) is 0 Å². The molecule has 1 amide bonds. The van der Waals surface area contributed by atoms with Crippen molar-refractivity contribution in [2.45, 2.75) is 0 Å². The molecule has 0 fully saturated rings. The summed E-state index contributed by atoms with van der Waals surface area (Å²) in [5, 5.41) is 6.11. The first-order valence-corrected chi connectivity index (χ1v) is 9.78. The van der Waals surface area contributed by atoms with Gasteiger partial charge in [0.15, 0.2) is 0 Å². The summed E-state index contributed by atoms with van der Waals surface area (Å²) < 4.78 is 8.39. The second-order valence-electron chi connectivity index (χ2n) is 6.38. The number of hydrogen-bond donors (Lipinski definition) is 1. The van der Waals surface area contributed by atoms with Gasteiger partial charge in [0.25, 0.3) is 5.91 Å². The van der Waals surface area contributed by atoms with Crippen LogP contribution in [0.1, 0.15) is 16.1 Å². The molecule has 1 heterocycles. The number of rotatable bonds is 5. The quantitative estimate of drug-likeness (QED) is 0.339. The lowest BCUT2D eigenvalue weighted by Gasteiger charge is -2.09. The van der Waals surface area contributed by atoms with E-state index >= 15 is 0 Å². The summed E-state index contributed by atoms with van der Waals surface area (Å²) in [5.74, 6) is 0.181. The number of benzene rings is 3. The average molecular weight is 448 g/mol. The van der Waals surface area contributed by atoms with Crippen molar-refractivity contribution in [1.82, 2.24) is 9.99 Å². The van der Waals surface area contributed by atoms with Crippen molar-refractivity contribution >= 4 is 38.8 Å². The van der Waals surface area contributed by atoms with Crippen LogP contribution in [0.3, 0.4) is 0 Å². The van der Waals surface area contributed by atoms with Crippen LogP contribution < -0.4 is 10.2 Å². The fraction of sp³-hybridized carbons (Fsp3) is 0.0435. The van der Waals surface area contributed by atoms with Crippen molar-refractivity contribution in [3.63, 3.8) is 0 Å². The van der Waals surface area contributed by atoms with Gasteiger partial charge in [-0.05, 0) is 59.3 Å². The first-order valence-electron chi connectivity index (χ1n) is 8.99. The Morgan fingerprint density at radius 2 is 1.76 bits per heavy atom. The Kier molecular flexibility index (Phi) is 5.44. The highest BCUT2D eigenvalue weighted by atomic mass is 79.9. The lowest BCUT2D eigenvalue weighted by Crippen LogP contribution is -2.18. The molecule has 1 aromatic heterocycles. The molecule has 0 bridgehead atoms. The number of carbonyl (C=O) groups is 1. The van der Waals surface area contributed by atoms with Gasteiger partial charge in [-0.3, -0.25) is 4.79 Å². The third kappa shape index (κ3) is 4.07. The second kappa shape index (κ2) is 8.32. The third-order valence-corrected chi connectivity index (χ3v) is 5.09. The van der Waals surface area contributed by atoms with Crippen LogP contribution in [0.15, 0.2) is 88.6 Å². The number of halogens is 1. The van der Waals surface area contributed by atoms with Crippen LogP contribution in [0.25, 0.3) is 16.5 Å². The predicted octanol–water partition coefficient (Wildman–Crippen LogP) is 5.17. The van der Waals surface area contributed by atoms with E-state index in [0.29, 0.717) is 11.3 Å². The minimum absolute atomic E-state index is 0.328. The topological polar surface area (TPSA) is 55.6 Å². The summed E-state index contributed by atoms with van der Waals surface area (Å²) in [6, 6.07) is 23.3. The summed E-state index contributed by atoms with van der Waals surface area (Å²) in [5.41, 5.74) is 4.88. The van der Waals surface area contributed by atoms with Crippen LogP contribution in [0, 0.1) is 0 Å². The van der Waals surface area contributed by atoms with Gasteiger partial charge in [0.1, 0.15) is 5.75 Å².